The molecule has 0 bridgehead atoms. The van der Waals surface area contributed by atoms with Gasteiger partial charge in [0.15, 0.2) is 0 Å². The fourth-order valence-electron chi connectivity index (χ4n) is 2.70. The van der Waals surface area contributed by atoms with Crippen LogP contribution in [-0.2, 0) is 0 Å². The average Bonchev–Trinajstić information content (AvgIpc) is 2.54. The molecule has 0 amide bonds. The van der Waals surface area contributed by atoms with E-state index in [2.05, 4.69) is 24.4 Å². The number of allylic oxidation sites excluding steroid dienone is 2. The molecular formula is C20H41NO. The third-order valence-corrected chi connectivity index (χ3v) is 4.15. The second-order valence-corrected chi connectivity index (χ2v) is 6.41. The Labute approximate surface area is 139 Å². The van der Waals surface area contributed by atoms with Crippen molar-refractivity contribution in [3.8, 4) is 0 Å². The second-order valence-electron chi connectivity index (χ2n) is 6.41. The minimum Gasteiger partial charge on any atom is -0.395 e. The fraction of sp³-hybridized carbons (Fsp3) is 0.900. The number of nitrogens with one attached hydrogen (secondary N) is 1. The van der Waals surface area contributed by atoms with Gasteiger partial charge in [0.05, 0.1) is 6.61 Å². The van der Waals surface area contributed by atoms with Crippen LogP contribution in [0.3, 0.4) is 0 Å². The molecule has 132 valence electrons. The molecule has 22 heavy (non-hydrogen) atoms. The van der Waals surface area contributed by atoms with Crippen molar-refractivity contribution in [1.82, 2.24) is 5.32 Å². The molecule has 2 N–H and O–H groups in total. The summed E-state index contributed by atoms with van der Waals surface area (Å²) in [7, 11) is 0. The van der Waals surface area contributed by atoms with Crippen molar-refractivity contribution in [2.24, 2.45) is 0 Å². The summed E-state index contributed by atoms with van der Waals surface area (Å²) in [5, 5.41) is 11.9. The number of aliphatic hydroxyl groups is 1. The molecule has 0 unspecified atom stereocenters. The third-order valence-electron chi connectivity index (χ3n) is 4.15. The lowest BCUT2D eigenvalue weighted by Crippen LogP contribution is -2.19. The Kier molecular flexibility index (Phi) is 20.3. The van der Waals surface area contributed by atoms with E-state index in [4.69, 9.17) is 5.11 Å². The van der Waals surface area contributed by atoms with Gasteiger partial charge in [0.2, 0.25) is 0 Å². The predicted molar refractivity (Wildman–Crippen MR) is 99.4 cm³/mol. The summed E-state index contributed by atoms with van der Waals surface area (Å²) in [5.41, 5.74) is 0. The molecule has 0 heterocycles. The van der Waals surface area contributed by atoms with E-state index in [1.165, 1.54) is 89.9 Å². The molecule has 2 nitrogen and oxygen atoms in total. The normalized spacial score (nSPS) is 11.5. The highest BCUT2D eigenvalue weighted by Gasteiger charge is 1.91. The van der Waals surface area contributed by atoms with Crippen molar-refractivity contribution in [1.29, 1.82) is 0 Å². The van der Waals surface area contributed by atoms with Crippen molar-refractivity contribution in [3.05, 3.63) is 12.2 Å². The summed E-state index contributed by atoms with van der Waals surface area (Å²) in [5.74, 6) is 0. The van der Waals surface area contributed by atoms with Gasteiger partial charge in [0.1, 0.15) is 0 Å². The van der Waals surface area contributed by atoms with Crippen molar-refractivity contribution < 1.29 is 5.11 Å². The molecule has 0 aliphatic heterocycles. The van der Waals surface area contributed by atoms with Crippen LogP contribution >= 0.6 is 0 Å². The summed E-state index contributed by atoms with van der Waals surface area (Å²) >= 11 is 0. The van der Waals surface area contributed by atoms with Crippen molar-refractivity contribution in [3.63, 3.8) is 0 Å². The third kappa shape index (κ3) is 19.7. The summed E-state index contributed by atoms with van der Waals surface area (Å²) in [6, 6.07) is 0. The number of unbranched alkanes of at least 4 members (excludes halogenated alkanes) is 12. The first-order valence-electron chi connectivity index (χ1n) is 9.88. The number of hydrogen-bond donors (Lipinski definition) is 2. The Morgan fingerprint density at radius 1 is 0.636 bits per heavy atom. The van der Waals surface area contributed by atoms with E-state index in [1.54, 1.807) is 0 Å². The van der Waals surface area contributed by atoms with E-state index in [0.29, 0.717) is 0 Å². The standard InChI is InChI=1S/C20H41NO/c1-2-3-4-5-6-7-8-9-10-11-12-13-14-15-16-17-18-21-19-20-22/h9-10,21-22H,2-8,11-20H2,1H3. The molecule has 0 aromatic rings. The molecule has 2 heteroatoms. The number of rotatable bonds is 18. The highest BCUT2D eigenvalue weighted by Crippen LogP contribution is 2.09. The lowest BCUT2D eigenvalue weighted by atomic mass is 10.1. The van der Waals surface area contributed by atoms with Crippen LogP contribution in [0.1, 0.15) is 96.8 Å². The smallest absolute Gasteiger partial charge is 0.0555 e. The van der Waals surface area contributed by atoms with Crippen molar-refractivity contribution in [2.45, 2.75) is 96.8 Å². The first-order chi connectivity index (χ1) is 10.9. The van der Waals surface area contributed by atoms with Gasteiger partial charge in [0.25, 0.3) is 0 Å². The highest BCUT2D eigenvalue weighted by atomic mass is 16.3. The van der Waals surface area contributed by atoms with E-state index in [0.717, 1.165) is 13.1 Å². The van der Waals surface area contributed by atoms with E-state index < -0.39 is 0 Å². The van der Waals surface area contributed by atoms with Crippen LogP contribution in [-0.4, -0.2) is 24.8 Å². The highest BCUT2D eigenvalue weighted by molar-refractivity contribution is 4.81. The first kappa shape index (κ1) is 21.7. The Morgan fingerprint density at radius 3 is 1.68 bits per heavy atom. The average molecular weight is 312 g/mol. The second kappa shape index (κ2) is 20.7. The van der Waals surface area contributed by atoms with Crippen molar-refractivity contribution >= 4 is 0 Å². The topological polar surface area (TPSA) is 32.3 Å². The minimum absolute atomic E-state index is 0.256. The van der Waals surface area contributed by atoms with Crippen LogP contribution in [0, 0.1) is 0 Å². The summed E-state index contributed by atoms with van der Waals surface area (Å²) in [6.07, 6.45) is 23.8. The molecule has 0 spiro atoms. The van der Waals surface area contributed by atoms with Crippen LogP contribution in [0.5, 0.6) is 0 Å². The zero-order valence-electron chi connectivity index (χ0n) is 15.1. The summed E-state index contributed by atoms with van der Waals surface area (Å²) < 4.78 is 0. The number of aliphatic hydroxyl groups excluding tert-OH is 1. The zero-order chi connectivity index (χ0) is 16.1. The largest absolute Gasteiger partial charge is 0.395 e. The predicted octanol–water partition coefficient (Wildman–Crippen LogP) is 5.61. The van der Waals surface area contributed by atoms with Gasteiger partial charge in [-0.25, -0.2) is 0 Å². The Morgan fingerprint density at radius 2 is 1.14 bits per heavy atom. The van der Waals surface area contributed by atoms with E-state index in [9.17, 15) is 0 Å². The maximum absolute atomic E-state index is 8.63. The maximum Gasteiger partial charge on any atom is 0.0555 e. The zero-order valence-corrected chi connectivity index (χ0v) is 15.1. The van der Waals surface area contributed by atoms with E-state index in [-0.39, 0.29) is 6.61 Å². The minimum atomic E-state index is 0.256. The van der Waals surface area contributed by atoms with Gasteiger partial charge in [-0.3, -0.25) is 0 Å². The van der Waals surface area contributed by atoms with Gasteiger partial charge in [0, 0.05) is 6.54 Å². The number of hydrogen-bond acceptors (Lipinski definition) is 2. The van der Waals surface area contributed by atoms with Gasteiger partial charge in [-0.15, -0.1) is 0 Å². The van der Waals surface area contributed by atoms with Crippen LogP contribution in [0.25, 0.3) is 0 Å². The molecule has 0 aromatic heterocycles. The lowest BCUT2D eigenvalue weighted by molar-refractivity contribution is 0.292. The molecule has 0 radical (unpaired) electrons. The van der Waals surface area contributed by atoms with Crippen LogP contribution < -0.4 is 5.32 Å². The fourth-order valence-corrected chi connectivity index (χ4v) is 2.70. The molecule has 0 aromatic carbocycles. The maximum atomic E-state index is 8.63. The Balaban J connectivity index is 3.02. The molecule has 0 aliphatic rings. The molecular weight excluding hydrogens is 270 g/mol. The van der Waals surface area contributed by atoms with E-state index >= 15 is 0 Å². The van der Waals surface area contributed by atoms with Crippen molar-refractivity contribution in [2.75, 3.05) is 19.7 Å². The molecule has 0 atom stereocenters. The Hall–Kier alpha value is -0.340. The molecule has 0 saturated carbocycles. The van der Waals surface area contributed by atoms with Gasteiger partial charge in [-0.2, -0.15) is 0 Å². The van der Waals surface area contributed by atoms with Gasteiger partial charge in [-0.05, 0) is 38.6 Å². The van der Waals surface area contributed by atoms with Crippen LogP contribution in [0.15, 0.2) is 12.2 Å². The summed E-state index contributed by atoms with van der Waals surface area (Å²) in [4.78, 5) is 0. The SMILES string of the molecule is CCCCCCCCC=CCCCCCCCCNCCO. The van der Waals surface area contributed by atoms with Gasteiger partial charge >= 0.3 is 0 Å². The van der Waals surface area contributed by atoms with Gasteiger partial charge in [-0.1, -0.05) is 76.9 Å². The molecule has 0 rings (SSSR count). The monoisotopic (exact) mass is 311 g/mol. The lowest BCUT2D eigenvalue weighted by Gasteiger charge is -2.02. The van der Waals surface area contributed by atoms with Crippen LogP contribution in [0.4, 0.5) is 0 Å². The molecule has 0 saturated heterocycles. The first-order valence-corrected chi connectivity index (χ1v) is 9.88. The summed E-state index contributed by atoms with van der Waals surface area (Å²) in [6.45, 7) is 4.33. The van der Waals surface area contributed by atoms with Crippen LogP contribution in [0.2, 0.25) is 0 Å². The van der Waals surface area contributed by atoms with Gasteiger partial charge < -0.3 is 10.4 Å². The molecule has 0 aliphatic carbocycles. The Bertz CT molecular complexity index is 216. The molecule has 0 fully saturated rings. The quantitative estimate of drug-likeness (QED) is 0.255. The van der Waals surface area contributed by atoms with E-state index in [1.807, 2.05) is 0 Å².